The number of rotatable bonds is 6. The first kappa shape index (κ1) is 15.5. The molecule has 0 amide bonds. The van der Waals surface area contributed by atoms with Gasteiger partial charge in [-0.15, -0.1) is 0 Å². The quantitative estimate of drug-likeness (QED) is 0.682. The summed E-state index contributed by atoms with van der Waals surface area (Å²) in [5, 5.41) is 18.2. The van der Waals surface area contributed by atoms with E-state index in [0.29, 0.717) is 23.1 Å². The normalized spacial score (nSPS) is 13.8. The van der Waals surface area contributed by atoms with Gasteiger partial charge in [0.25, 0.3) is 0 Å². The zero-order chi connectivity index (χ0) is 17.2. The Hall–Kier alpha value is -3.07. The maximum Gasteiger partial charge on any atom is 0.231 e. The lowest BCUT2D eigenvalue weighted by molar-refractivity contribution is 0.117. The van der Waals surface area contributed by atoms with Crippen LogP contribution in [0.1, 0.15) is 0 Å². The van der Waals surface area contributed by atoms with Crippen molar-refractivity contribution in [2.75, 3.05) is 25.3 Å². The van der Waals surface area contributed by atoms with E-state index in [-0.39, 0.29) is 19.9 Å². The van der Waals surface area contributed by atoms with Crippen LogP contribution in [0.2, 0.25) is 0 Å². The summed E-state index contributed by atoms with van der Waals surface area (Å²) in [7, 11) is 1.81. The highest BCUT2D eigenvalue weighted by Gasteiger charge is 2.15. The molecule has 3 heterocycles. The topological polar surface area (TPSA) is 104 Å². The molecular weight excluding hydrogens is 326 g/mol. The second kappa shape index (κ2) is 6.44. The maximum absolute atomic E-state index is 10.1. The number of hydrogen-bond acceptors (Lipinski definition) is 8. The summed E-state index contributed by atoms with van der Waals surface area (Å²) in [6, 6.07) is 5.30. The highest BCUT2D eigenvalue weighted by molar-refractivity contribution is 5.85. The molecule has 4 rings (SSSR count). The average Bonchev–Trinajstić information content (AvgIpc) is 3.25. The third-order valence-corrected chi connectivity index (χ3v) is 3.82. The van der Waals surface area contributed by atoms with E-state index in [4.69, 9.17) is 14.2 Å². The summed E-state index contributed by atoms with van der Waals surface area (Å²) in [6.07, 6.45) is 2.43. The number of benzene rings is 1. The molecule has 25 heavy (non-hydrogen) atoms. The van der Waals surface area contributed by atoms with Crippen molar-refractivity contribution in [3.05, 3.63) is 30.7 Å². The highest BCUT2D eigenvalue weighted by Crippen LogP contribution is 2.35. The first-order valence-electron chi connectivity index (χ1n) is 7.78. The molecule has 9 nitrogen and oxygen atoms in total. The standard InChI is InChI=1S/C16H17N5O4/c1-21-16-12(6-20-21)15(18-8-19-16)17-5-10(22)7-23-11-2-3-13-14(4-11)25-9-24-13/h2-4,6,8,10,22H,5,7,9H2,1H3,(H,17,18,19)/t10-/m0/s1. The Balaban J connectivity index is 1.34. The van der Waals surface area contributed by atoms with Crippen LogP contribution in [0.25, 0.3) is 11.0 Å². The second-order valence-electron chi connectivity index (χ2n) is 5.59. The molecule has 0 unspecified atom stereocenters. The molecule has 1 aliphatic rings. The fourth-order valence-electron chi connectivity index (χ4n) is 2.54. The predicted octanol–water partition coefficient (Wildman–Crippen LogP) is 0.944. The predicted molar refractivity (Wildman–Crippen MR) is 88.9 cm³/mol. The van der Waals surface area contributed by atoms with E-state index in [1.54, 1.807) is 29.1 Å². The minimum absolute atomic E-state index is 0.133. The summed E-state index contributed by atoms with van der Waals surface area (Å²) in [5.41, 5.74) is 0.726. The second-order valence-corrected chi connectivity index (χ2v) is 5.59. The molecule has 0 saturated carbocycles. The minimum Gasteiger partial charge on any atom is -0.491 e. The van der Waals surface area contributed by atoms with Gasteiger partial charge in [0.2, 0.25) is 6.79 Å². The summed E-state index contributed by atoms with van der Waals surface area (Å²) in [6.45, 7) is 0.631. The van der Waals surface area contributed by atoms with Crippen molar-refractivity contribution in [3.8, 4) is 17.2 Å². The van der Waals surface area contributed by atoms with Crippen molar-refractivity contribution in [1.29, 1.82) is 0 Å². The Labute approximate surface area is 143 Å². The van der Waals surface area contributed by atoms with Gasteiger partial charge in [-0.3, -0.25) is 4.68 Å². The SMILES string of the molecule is Cn1ncc2c(NC[C@H](O)COc3ccc4c(c3)OCO4)ncnc21. The van der Waals surface area contributed by atoms with Gasteiger partial charge in [0.05, 0.1) is 11.6 Å². The number of anilines is 1. The van der Waals surface area contributed by atoms with Crippen molar-refractivity contribution in [2.45, 2.75) is 6.10 Å². The molecule has 1 atom stereocenters. The van der Waals surface area contributed by atoms with E-state index in [1.165, 1.54) is 6.33 Å². The summed E-state index contributed by atoms with van der Waals surface area (Å²) in [5.74, 6) is 2.57. The van der Waals surface area contributed by atoms with E-state index >= 15 is 0 Å². The number of aryl methyl sites for hydroxylation is 1. The van der Waals surface area contributed by atoms with Crippen LogP contribution in [0.3, 0.4) is 0 Å². The summed E-state index contributed by atoms with van der Waals surface area (Å²) >= 11 is 0. The monoisotopic (exact) mass is 343 g/mol. The maximum atomic E-state index is 10.1. The molecule has 0 bridgehead atoms. The molecule has 9 heteroatoms. The number of ether oxygens (including phenoxy) is 3. The van der Waals surface area contributed by atoms with Crippen LogP contribution < -0.4 is 19.5 Å². The van der Waals surface area contributed by atoms with Crippen LogP contribution in [0.5, 0.6) is 17.2 Å². The van der Waals surface area contributed by atoms with Crippen LogP contribution in [0, 0.1) is 0 Å². The molecule has 130 valence electrons. The minimum atomic E-state index is -0.716. The number of nitrogens with zero attached hydrogens (tertiary/aromatic N) is 4. The molecule has 1 aliphatic heterocycles. The fraction of sp³-hybridized carbons (Fsp3) is 0.312. The zero-order valence-electron chi connectivity index (χ0n) is 13.5. The number of aliphatic hydroxyl groups excluding tert-OH is 1. The van der Waals surface area contributed by atoms with Crippen molar-refractivity contribution in [3.63, 3.8) is 0 Å². The van der Waals surface area contributed by atoms with Gasteiger partial charge >= 0.3 is 0 Å². The van der Waals surface area contributed by atoms with E-state index in [2.05, 4.69) is 20.4 Å². The lowest BCUT2D eigenvalue weighted by Crippen LogP contribution is -2.26. The Bertz CT molecular complexity index is 897. The molecule has 0 fully saturated rings. The van der Waals surface area contributed by atoms with Crippen LogP contribution in [-0.2, 0) is 7.05 Å². The molecule has 2 N–H and O–H groups in total. The number of aliphatic hydroxyl groups is 1. The molecule has 0 saturated heterocycles. The van der Waals surface area contributed by atoms with Gasteiger partial charge in [0.15, 0.2) is 17.1 Å². The van der Waals surface area contributed by atoms with E-state index in [9.17, 15) is 5.11 Å². The smallest absolute Gasteiger partial charge is 0.231 e. The molecule has 0 aliphatic carbocycles. The van der Waals surface area contributed by atoms with Gasteiger partial charge in [0, 0.05) is 19.7 Å². The average molecular weight is 343 g/mol. The largest absolute Gasteiger partial charge is 0.491 e. The third kappa shape index (κ3) is 3.13. The zero-order valence-corrected chi connectivity index (χ0v) is 13.5. The van der Waals surface area contributed by atoms with Crippen LogP contribution in [-0.4, -0.2) is 50.9 Å². The lowest BCUT2D eigenvalue weighted by atomic mass is 10.3. The summed E-state index contributed by atoms with van der Waals surface area (Å²) < 4.78 is 17.8. The number of hydrogen-bond donors (Lipinski definition) is 2. The van der Waals surface area contributed by atoms with E-state index in [0.717, 1.165) is 11.0 Å². The van der Waals surface area contributed by atoms with Crippen LogP contribution in [0.4, 0.5) is 5.82 Å². The van der Waals surface area contributed by atoms with Crippen LogP contribution in [0.15, 0.2) is 30.7 Å². The molecule has 0 spiro atoms. The molecule has 1 aromatic carbocycles. The van der Waals surface area contributed by atoms with Gasteiger partial charge in [-0.2, -0.15) is 5.10 Å². The first-order chi connectivity index (χ1) is 12.2. The van der Waals surface area contributed by atoms with Gasteiger partial charge in [-0.05, 0) is 12.1 Å². The molecule has 0 radical (unpaired) electrons. The molecule has 3 aromatic rings. The first-order valence-corrected chi connectivity index (χ1v) is 7.78. The highest BCUT2D eigenvalue weighted by atomic mass is 16.7. The van der Waals surface area contributed by atoms with Gasteiger partial charge < -0.3 is 24.6 Å². The summed E-state index contributed by atoms with van der Waals surface area (Å²) in [4.78, 5) is 8.36. The number of aromatic nitrogens is 4. The molecule has 2 aromatic heterocycles. The van der Waals surface area contributed by atoms with E-state index < -0.39 is 6.10 Å². The Morgan fingerprint density at radius 2 is 2.20 bits per heavy atom. The lowest BCUT2D eigenvalue weighted by Gasteiger charge is -2.14. The van der Waals surface area contributed by atoms with Crippen LogP contribution >= 0.6 is 0 Å². The van der Waals surface area contributed by atoms with E-state index in [1.807, 2.05) is 7.05 Å². The van der Waals surface area contributed by atoms with Gasteiger partial charge in [-0.1, -0.05) is 0 Å². The van der Waals surface area contributed by atoms with Crippen molar-refractivity contribution >= 4 is 16.9 Å². The van der Waals surface area contributed by atoms with Gasteiger partial charge in [-0.25, -0.2) is 9.97 Å². The van der Waals surface area contributed by atoms with Crippen molar-refractivity contribution in [1.82, 2.24) is 19.7 Å². The third-order valence-electron chi connectivity index (χ3n) is 3.82. The van der Waals surface area contributed by atoms with Crippen molar-refractivity contribution < 1.29 is 19.3 Å². The van der Waals surface area contributed by atoms with Crippen molar-refractivity contribution in [2.24, 2.45) is 7.05 Å². The number of fused-ring (bicyclic) bond motifs is 2. The molecular formula is C16H17N5O4. The Morgan fingerprint density at radius 1 is 1.32 bits per heavy atom. The Kier molecular flexibility index (Phi) is 3.98. The van der Waals surface area contributed by atoms with Gasteiger partial charge in [0.1, 0.15) is 30.6 Å². The number of nitrogens with one attached hydrogen (secondary N) is 1. The Morgan fingerprint density at radius 3 is 3.12 bits per heavy atom. The fourth-order valence-corrected chi connectivity index (χ4v) is 2.54.